The van der Waals surface area contributed by atoms with Gasteiger partial charge in [-0.2, -0.15) is 11.8 Å². The molecule has 0 amide bonds. The van der Waals surface area contributed by atoms with Crippen molar-refractivity contribution in [1.29, 1.82) is 0 Å². The fraction of sp³-hybridized carbons (Fsp3) is 0.474. The molecule has 0 spiro atoms. The summed E-state index contributed by atoms with van der Waals surface area (Å²) in [6, 6.07) is 9.71. The van der Waals surface area contributed by atoms with Crippen LogP contribution < -0.4 is 10.3 Å². The standard InChI is InChI=1S/C19H26N2O2S2/c1-3-11-24-14-16-13-18(22)21-19(20-16)25-12-5-4-10-23-17-8-6-15(2)7-9-17/h6-9,13H,3-5,10-12,14H2,1-2H3,(H,20,21,22). The number of aromatic nitrogens is 2. The maximum Gasteiger partial charge on any atom is 0.251 e. The van der Waals surface area contributed by atoms with Crippen molar-refractivity contribution < 1.29 is 4.74 Å². The summed E-state index contributed by atoms with van der Waals surface area (Å²) in [5, 5.41) is 0.721. The Balaban J connectivity index is 1.67. The molecule has 1 N–H and O–H groups in total. The highest BCUT2D eigenvalue weighted by Crippen LogP contribution is 2.17. The van der Waals surface area contributed by atoms with Gasteiger partial charge in [-0.3, -0.25) is 4.79 Å². The van der Waals surface area contributed by atoms with E-state index in [9.17, 15) is 4.79 Å². The first-order valence-electron chi connectivity index (χ1n) is 8.67. The van der Waals surface area contributed by atoms with Crippen LogP contribution in [-0.4, -0.2) is 28.1 Å². The molecule has 1 aromatic carbocycles. The van der Waals surface area contributed by atoms with Gasteiger partial charge < -0.3 is 9.72 Å². The molecule has 2 rings (SSSR count). The molecule has 0 aliphatic carbocycles. The summed E-state index contributed by atoms with van der Waals surface area (Å²) in [5.74, 6) is 3.74. The van der Waals surface area contributed by atoms with Crippen molar-refractivity contribution in [2.75, 3.05) is 18.1 Å². The molecular formula is C19H26N2O2S2. The Morgan fingerprint density at radius 2 is 1.96 bits per heavy atom. The molecule has 25 heavy (non-hydrogen) atoms. The zero-order chi connectivity index (χ0) is 17.9. The number of nitrogens with zero attached hydrogens (tertiary/aromatic N) is 1. The second-order valence-corrected chi connectivity index (χ2v) is 8.00. The number of hydrogen-bond acceptors (Lipinski definition) is 5. The van der Waals surface area contributed by atoms with Gasteiger partial charge in [0.1, 0.15) is 5.75 Å². The molecule has 0 bridgehead atoms. The lowest BCUT2D eigenvalue weighted by Crippen LogP contribution is -2.09. The Hall–Kier alpha value is -1.40. The lowest BCUT2D eigenvalue weighted by Gasteiger charge is -2.06. The molecular weight excluding hydrogens is 352 g/mol. The third kappa shape index (κ3) is 8.01. The van der Waals surface area contributed by atoms with Gasteiger partial charge in [0.25, 0.3) is 5.56 Å². The molecule has 136 valence electrons. The minimum absolute atomic E-state index is 0.0627. The number of hydrogen-bond donors (Lipinski definition) is 1. The van der Waals surface area contributed by atoms with Gasteiger partial charge in [0.05, 0.1) is 12.3 Å². The van der Waals surface area contributed by atoms with Crippen molar-refractivity contribution in [3.63, 3.8) is 0 Å². The van der Waals surface area contributed by atoms with E-state index < -0.39 is 0 Å². The molecule has 0 atom stereocenters. The SMILES string of the molecule is CCCSCc1cc(=O)[nH]c(SCCCCOc2ccc(C)cc2)n1. The van der Waals surface area contributed by atoms with E-state index in [0.717, 1.165) is 53.1 Å². The first kappa shape index (κ1) is 19.9. The lowest BCUT2D eigenvalue weighted by molar-refractivity contribution is 0.310. The van der Waals surface area contributed by atoms with Crippen molar-refractivity contribution in [2.45, 2.75) is 44.0 Å². The van der Waals surface area contributed by atoms with Gasteiger partial charge in [0.15, 0.2) is 5.16 Å². The average molecular weight is 379 g/mol. The third-order valence-electron chi connectivity index (χ3n) is 3.44. The normalized spacial score (nSPS) is 10.8. The predicted molar refractivity (Wildman–Crippen MR) is 108 cm³/mol. The van der Waals surface area contributed by atoms with Crippen LogP contribution >= 0.6 is 23.5 Å². The smallest absolute Gasteiger partial charge is 0.251 e. The van der Waals surface area contributed by atoms with E-state index in [4.69, 9.17) is 4.74 Å². The molecule has 4 nitrogen and oxygen atoms in total. The minimum atomic E-state index is -0.0627. The Bertz CT molecular complexity index is 687. The molecule has 0 unspecified atom stereocenters. The number of H-pyrrole nitrogens is 1. The number of thioether (sulfide) groups is 2. The highest BCUT2D eigenvalue weighted by molar-refractivity contribution is 7.99. The second kappa shape index (κ2) is 11.3. The largest absolute Gasteiger partial charge is 0.494 e. The van der Waals surface area contributed by atoms with Crippen molar-refractivity contribution >= 4 is 23.5 Å². The molecule has 1 aromatic heterocycles. The second-order valence-electron chi connectivity index (χ2n) is 5.81. The van der Waals surface area contributed by atoms with Crippen LogP contribution in [0.2, 0.25) is 0 Å². The predicted octanol–water partition coefficient (Wildman–Crippen LogP) is 4.67. The fourth-order valence-electron chi connectivity index (χ4n) is 2.14. The van der Waals surface area contributed by atoms with Gasteiger partial charge in [-0.25, -0.2) is 4.98 Å². The van der Waals surface area contributed by atoms with Crippen LogP contribution in [0.4, 0.5) is 0 Å². The van der Waals surface area contributed by atoms with Gasteiger partial charge in [-0.1, -0.05) is 36.4 Å². The summed E-state index contributed by atoms with van der Waals surface area (Å²) in [5.41, 5.74) is 2.04. The van der Waals surface area contributed by atoms with Crippen molar-refractivity contribution in [2.24, 2.45) is 0 Å². The van der Waals surface area contributed by atoms with Gasteiger partial charge in [-0.05, 0) is 44.1 Å². The Labute approximate surface area is 158 Å². The van der Waals surface area contributed by atoms with Crippen molar-refractivity contribution in [3.05, 3.63) is 51.9 Å². The molecule has 0 aliphatic rings. The summed E-state index contributed by atoms with van der Waals surface area (Å²) >= 11 is 3.42. The zero-order valence-corrected chi connectivity index (χ0v) is 16.5. The van der Waals surface area contributed by atoms with E-state index >= 15 is 0 Å². The van der Waals surface area contributed by atoms with Gasteiger partial charge >= 0.3 is 0 Å². The minimum Gasteiger partial charge on any atom is -0.494 e. The Morgan fingerprint density at radius 1 is 1.16 bits per heavy atom. The number of ether oxygens (including phenoxy) is 1. The van der Waals surface area contributed by atoms with Crippen molar-refractivity contribution in [1.82, 2.24) is 9.97 Å². The van der Waals surface area contributed by atoms with Crippen molar-refractivity contribution in [3.8, 4) is 5.75 Å². The van der Waals surface area contributed by atoms with Crippen LogP contribution in [-0.2, 0) is 5.75 Å². The molecule has 6 heteroatoms. The van der Waals surface area contributed by atoms with Crippen LogP contribution in [0, 0.1) is 6.92 Å². The molecule has 0 radical (unpaired) electrons. The van der Waals surface area contributed by atoms with Crippen LogP contribution in [0.5, 0.6) is 5.75 Å². The highest BCUT2D eigenvalue weighted by atomic mass is 32.2. The quantitative estimate of drug-likeness (QED) is 0.350. The summed E-state index contributed by atoms with van der Waals surface area (Å²) in [6.07, 6.45) is 3.15. The van der Waals surface area contributed by atoms with E-state index in [1.54, 1.807) is 17.8 Å². The maximum absolute atomic E-state index is 11.7. The van der Waals surface area contributed by atoms with Crippen LogP contribution in [0.3, 0.4) is 0 Å². The van der Waals surface area contributed by atoms with Crippen LogP contribution in [0.1, 0.15) is 37.4 Å². The molecule has 0 saturated heterocycles. The van der Waals surface area contributed by atoms with Gasteiger partial charge in [0.2, 0.25) is 0 Å². The summed E-state index contributed by atoms with van der Waals surface area (Å²) in [4.78, 5) is 19.1. The number of nitrogens with one attached hydrogen (secondary N) is 1. The summed E-state index contributed by atoms with van der Waals surface area (Å²) in [6.45, 7) is 4.93. The van der Waals surface area contributed by atoms with Gasteiger partial charge in [-0.15, -0.1) is 0 Å². The van der Waals surface area contributed by atoms with E-state index in [0.29, 0.717) is 6.61 Å². The van der Waals surface area contributed by atoms with Crippen LogP contribution in [0.25, 0.3) is 0 Å². The van der Waals surface area contributed by atoms with Crippen LogP contribution in [0.15, 0.2) is 40.3 Å². The average Bonchev–Trinajstić information content (AvgIpc) is 2.59. The zero-order valence-electron chi connectivity index (χ0n) is 14.9. The molecule has 0 aliphatic heterocycles. The maximum atomic E-state index is 11.7. The summed E-state index contributed by atoms with van der Waals surface area (Å²) in [7, 11) is 0. The van der Waals surface area contributed by atoms with E-state index in [1.165, 1.54) is 5.56 Å². The number of benzene rings is 1. The Morgan fingerprint density at radius 3 is 2.72 bits per heavy atom. The molecule has 1 heterocycles. The third-order valence-corrected chi connectivity index (χ3v) is 5.59. The first-order valence-corrected chi connectivity index (χ1v) is 10.8. The number of aryl methyl sites for hydroxylation is 1. The van der Waals surface area contributed by atoms with E-state index in [-0.39, 0.29) is 5.56 Å². The topological polar surface area (TPSA) is 55.0 Å². The molecule has 0 fully saturated rings. The Kier molecular flexibility index (Phi) is 8.97. The number of rotatable bonds is 11. The van der Waals surface area contributed by atoms with E-state index in [2.05, 4.69) is 35.9 Å². The fourth-order valence-corrected chi connectivity index (χ4v) is 3.83. The highest BCUT2D eigenvalue weighted by Gasteiger charge is 2.03. The molecule has 2 aromatic rings. The first-order chi connectivity index (χ1) is 12.2. The lowest BCUT2D eigenvalue weighted by atomic mass is 10.2. The van der Waals surface area contributed by atoms with E-state index in [1.807, 2.05) is 23.9 Å². The van der Waals surface area contributed by atoms with Gasteiger partial charge in [0, 0.05) is 17.6 Å². The summed E-state index contributed by atoms with van der Waals surface area (Å²) < 4.78 is 5.72. The number of aromatic amines is 1. The number of unbranched alkanes of at least 4 members (excludes halogenated alkanes) is 1. The monoisotopic (exact) mass is 378 g/mol. The molecule has 0 saturated carbocycles.